The first-order valence-corrected chi connectivity index (χ1v) is 4.43. The molecule has 1 rings (SSSR count). The van der Waals surface area contributed by atoms with E-state index in [1.165, 1.54) is 7.11 Å². The number of ether oxygens (including phenoxy) is 1. The summed E-state index contributed by atoms with van der Waals surface area (Å²) in [5, 5.41) is 21.6. The molecule has 14 heavy (non-hydrogen) atoms. The van der Waals surface area contributed by atoms with Gasteiger partial charge in [-0.2, -0.15) is 0 Å². The number of phenolic OH excluding ortho intramolecular Hbond substituents is 1. The van der Waals surface area contributed by atoms with Gasteiger partial charge >= 0.3 is 0 Å². The average Bonchev–Trinajstić information content (AvgIpc) is 2.17. The minimum absolute atomic E-state index is 0.178. The van der Waals surface area contributed by atoms with E-state index in [-0.39, 0.29) is 12.4 Å². The van der Waals surface area contributed by atoms with Crippen LogP contribution in [0.15, 0.2) is 24.3 Å². The maximum Gasteiger partial charge on any atom is 0.138 e. The fourth-order valence-electron chi connectivity index (χ4n) is 1.10. The van der Waals surface area contributed by atoms with E-state index in [0.717, 1.165) is 0 Å². The fourth-order valence-corrected chi connectivity index (χ4v) is 1.10. The summed E-state index contributed by atoms with van der Waals surface area (Å²) in [6.45, 7) is 0.631. The van der Waals surface area contributed by atoms with Gasteiger partial charge in [0, 0.05) is 13.7 Å². The van der Waals surface area contributed by atoms with Gasteiger partial charge in [-0.3, -0.25) is 0 Å². The Kier molecular flexibility index (Phi) is 4.22. The first-order chi connectivity index (χ1) is 6.74. The number of rotatable bonds is 5. The van der Waals surface area contributed by atoms with Crippen molar-refractivity contribution < 1.29 is 14.9 Å². The summed E-state index contributed by atoms with van der Waals surface area (Å²) >= 11 is 0. The molecule has 0 aliphatic carbocycles. The van der Waals surface area contributed by atoms with E-state index in [0.29, 0.717) is 12.2 Å². The molecular weight excluding hydrogens is 182 g/mol. The summed E-state index contributed by atoms with van der Waals surface area (Å²) in [6.07, 6.45) is -0.570. The second kappa shape index (κ2) is 5.47. The molecule has 0 bridgehead atoms. The number of para-hydroxylation sites is 2. The van der Waals surface area contributed by atoms with Gasteiger partial charge in [0.15, 0.2) is 0 Å². The Labute approximate surface area is 83.1 Å². The van der Waals surface area contributed by atoms with Gasteiger partial charge < -0.3 is 20.3 Å². The Morgan fingerprint density at radius 2 is 2.14 bits per heavy atom. The molecule has 0 spiro atoms. The molecule has 0 radical (unpaired) electrons. The number of hydrogen-bond donors (Lipinski definition) is 3. The lowest BCUT2D eigenvalue weighted by atomic mass is 10.3. The molecule has 0 saturated heterocycles. The SMILES string of the molecule is COCC(O)CNc1ccccc1O. The average molecular weight is 197 g/mol. The summed E-state index contributed by atoms with van der Waals surface area (Å²) in [7, 11) is 1.53. The molecule has 0 heterocycles. The lowest BCUT2D eigenvalue weighted by Gasteiger charge is -2.12. The van der Waals surface area contributed by atoms with Crippen molar-refractivity contribution in [2.75, 3.05) is 25.6 Å². The van der Waals surface area contributed by atoms with Crippen LogP contribution in [0.4, 0.5) is 5.69 Å². The van der Waals surface area contributed by atoms with Crippen molar-refractivity contribution in [2.24, 2.45) is 0 Å². The van der Waals surface area contributed by atoms with Crippen molar-refractivity contribution in [3.63, 3.8) is 0 Å². The first kappa shape index (κ1) is 10.8. The Hall–Kier alpha value is -1.26. The molecule has 1 atom stereocenters. The first-order valence-electron chi connectivity index (χ1n) is 4.43. The third-order valence-corrected chi connectivity index (χ3v) is 1.79. The summed E-state index contributed by atoms with van der Waals surface area (Å²) in [4.78, 5) is 0. The number of methoxy groups -OCH3 is 1. The Morgan fingerprint density at radius 1 is 1.43 bits per heavy atom. The van der Waals surface area contributed by atoms with Gasteiger partial charge in [-0.15, -0.1) is 0 Å². The van der Waals surface area contributed by atoms with E-state index in [4.69, 9.17) is 4.74 Å². The van der Waals surface area contributed by atoms with E-state index in [1.54, 1.807) is 18.2 Å². The van der Waals surface area contributed by atoms with Crippen molar-refractivity contribution in [2.45, 2.75) is 6.10 Å². The van der Waals surface area contributed by atoms with E-state index < -0.39 is 6.10 Å². The molecule has 1 aromatic carbocycles. The molecule has 0 fully saturated rings. The predicted molar refractivity (Wildman–Crippen MR) is 54.5 cm³/mol. The Balaban J connectivity index is 2.41. The summed E-state index contributed by atoms with van der Waals surface area (Å²) < 4.78 is 4.77. The highest BCUT2D eigenvalue weighted by Gasteiger charge is 2.04. The van der Waals surface area contributed by atoms with Gasteiger partial charge in [-0.05, 0) is 12.1 Å². The number of aromatic hydroxyl groups is 1. The zero-order valence-electron chi connectivity index (χ0n) is 8.10. The number of aliphatic hydroxyl groups excluding tert-OH is 1. The van der Waals surface area contributed by atoms with Crippen molar-refractivity contribution in [1.29, 1.82) is 0 Å². The number of nitrogens with one attached hydrogen (secondary N) is 1. The molecule has 0 amide bonds. The third-order valence-electron chi connectivity index (χ3n) is 1.79. The van der Waals surface area contributed by atoms with Crippen LogP contribution in [0.25, 0.3) is 0 Å². The molecule has 4 heteroatoms. The minimum atomic E-state index is -0.570. The Morgan fingerprint density at radius 3 is 2.79 bits per heavy atom. The molecule has 78 valence electrons. The van der Waals surface area contributed by atoms with Crippen LogP contribution in [0.2, 0.25) is 0 Å². The molecule has 0 aromatic heterocycles. The van der Waals surface area contributed by atoms with Crippen LogP contribution < -0.4 is 5.32 Å². The fraction of sp³-hybridized carbons (Fsp3) is 0.400. The summed E-state index contributed by atoms with van der Waals surface area (Å²) in [5.74, 6) is 0.178. The number of phenols is 1. The van der Waals surface area contributed by atoms with Crippen LogP contribution in [0.3, 0.4) is 0 Å². The van der Waals surface area contributed by atoms with E-state index in [2.05, 4.69) is 5.32 Å². The highest BCUT2D eigenvalue weighted by atomic mass is 16.5. The van der Waals surface area contributed by atoms with Gasteiger partial charge in [0.05, 0.1) is 18.4 Å². The molecule has 1 unspecified atom stereocenters. The zero-order chi connectivity index (χ0) is 10.4. The second-order valence-electron chi connectivity index (χ2n) is 3.01. The van der Waals surface area contributed by atoms with Gasteiger partial charge in [0.1, 0.15) is 5.75 Å². The van der Waals surface area contributed by atoms with Crippen molar-refractivity contribution in [3.8, 4) is 5.75 Å². The maximum absolute atomic E-state index is 9.38. The quantitative estimate of drug-likeness (QED) is 0.611. The number of benzene rings is 1. The molecule has 3 N–H and O–H groups in total. The van der Waals surface area contributed by atoms with E-state index in [9.17, 15) is 10.2 Å². The van der Waals surface area contributed by atoms with E-state index in [1.807, 2.05) is 6.07 Å². The minimum Gasteiger partial charge on any atom is -0.506 e. The highest BCUT2D eigenvalue weighted by molar-refractivity contribution is 5.55. The summed E-state index contributed by atoms with van der Waals surface area (Å²) in [5.41, 5.74) is 0.614. The molecule has 4 nitrogen and oxygen atoms in total. The van der Waals surface area contributed by atoms with Crippen LogP contribution in [0.1, 0.15) is 0 Å². The number of hydrogen-bond acceptors (Lipinski definition) is 4. The molecule has 0 saturated carbocycles. The molecule has 0 aliphatic heterocycles. The Bertz CT molecular complexity index is 278. The van der Waals surface area contributed by atoms with Crippen LogP contribution in [-0.2, 0) is 4.74 Å². The van der Waals surface area contributed by atoms with Gasteiger partial charge in [0.2, 0.25) is 0 Å². The molecular formula is C10H15NO3. The lowest BCUT2D eigenvalue weighted by molar-refractivity contribution is 0.0727. The highest BCUT2D eigenvalue weighted by Crippen LogP contribution is 2.20. The number of aliphatic hydroxyl groups is 1. The third kappa shape index (κ3) is 3.24. The predicted octanol–water partition coefficient (Wildman–Crippen LogP) is 0.811. The summed E-state index contributed by atoms with van der Waals surface area (Å²) in [6, 6.07) is 6.89. The van der Waals surface area contributed by atoms with Gasteiger partial charge in [0.25, 0.3) is 0 Å². The van der Waals surface area contributed by atoms with Crippen LogP contribution in [0, 0.1) is 0 Å². The van der Waals surface area contributed by atoms with Crippen LogP contribution in [0.5, 0.6) is 5.75 Å². The van der Waals surface area contributed by atoms with Crippen LogP contribution >= 0.6 is 0 Å². The van der Waals surface area contributed by atoms with Crippen molar-refractivity contribution in [3.05, 3.63) is 24.3 Å². The van der Waals surface area contributed by atoms with Crippen molar-refractivity contribution in [1.82, 2.24) is 0 Å². The maximum atomic E-state index is 9.38. The second-order valence-corrected chi connectivity index (χ2v) is 3.01. The largest absolute Gasteiger partial charge is 0.506 e. The van der Waals surface area contributed by atoms with E-state index >= 15 is 0 Å². The van der Waals surface area contributed by atoms with Crippen LogP contribution in [-0.4, -0.2) is 36.6 Å². The lowest BCUT2D eigenvalue weighted by Crippen LogP contribution is -2.24. The zero-order valence-corrected chi connectivity index (χ0v) is 8.10. The number of anilines is 1. The normalized spacial score (nSPS) is 12.4. The van der Waals surface area contributed by atoms with Gasteiger partial charge in [-0.25, -0.2) is 0 Å². The van der Waals surface area contributed by atoms with Crippen molar-refractivity contribution >= 4 is 5.69 Å². The molecule has 0 aliphatic rings. The monoisotopic (exact) mass is 197 g/mol. The topological polar surface area (TPSA) is 61.7 Å². The standard InChI is InChI=1S/C10H15NO3/c1-14-7-8(12)6-11-9-4-2-3-5-10(9)13/h2-5,8,11-13H,6-7H2,1H3. The van der Waals surface area contributed by atoms with Gasteiger partial charge in [-0.1, -0.05) is 12.1 Å². The smallest absolute Gasteiger partial charge is 0.138 e. The molecule has 1 aromatic rings.